The summed E-state index contributed by atoms with van der Waals surface area (Å²) in [4.78, 5) is 0. The van der Waals surface area contributed by atoms with Gasteiger partial charge in [0.15, 0.2) is 11.6 Å². The van der Waals surface area contributed by atoms with Crippen molar-refractivity contribution in [1.29, 1.82) is 0 Å². The van der Waals surface area contributed by atoms with Gasteiger partial charge in [0.05, 0.1) is 5.56 Å². The standard InChI is InChI=1S/C11H11F6N/c1-2-5(18)3-6-8(12)4-7(11(15,16)17)10(14)9(6)13/h4-5H,2-3,18H2,1H3. The van der Waals surface area contributed by atoms with E-state index in [0.717, 1.165) is 0 Å². The molecule has 1 rings (SSSR count). The highest BCUT2D eigenvalue weighted by atomic mass is 19.4. The van der Waals surface area contributed by atoms with Crippen LogP contribution in [0.1, 0.15) is 24.5 Å². The van der Waals surface area contributed by atoms with Crippen molar-refractivity contribution in [2.24, 2.45) is 5.73 Å². The monoisotopic (exact) mass is 271 g/mol. The number of benzene rings is 1. The van der Waals surface area contributed by atoms with Gasteiger partial charge in [0.2, 0.25) is 0 Å². The van der Waals surface area contributed by atoms with Crippen molar-refractivity contribution >= 4 is 0 Å². The Balaban J connectivity index is 3.29. The Morgan fingerprint density at radius 3 is 2.17 bits per heavy atom. The van der Waals surface area contributed by atoms with E-state index in [-0.39, 0.29) is 12.5 Å². The topological polar surface area (TPSA) is 26.0 Å². The summed E-state index contributed by atoms with van der Waals surface area (Å²) in [5.41, 5.74) is 2.73. The van der Waals surface area contributed by atoms with E-state index in [1.807, 2.05) is 0 Å². The van der Waals surface area contributed by atoms with Crippen molar-refractivity contribution in [2.75, 3.05) is 0 Å². The molecule has 0 heterocycles. The minimum atomic E-state index is -5.14. The first-order valence-electron chi connectivity index (χ1n) is 5.17. The van der Waals surface area contributed by atoms with Gasteiger partial charge < -0.3 is 5.73 Å². The predicted molar refractivity (Wildman–Crippen MR) is 53.3 cm³/mol. The molecular formula is C11H11F6N. The highest BCUT2D eigenvalue weighted by Crippen LogP contribution is 2.34. The van der Waals surface area contributed by atoms with E-state index in [2.05, 4.69) is 0 Å². The smallest absolute Gasteiger partial charge is 0.327 e. The first kappa shape index (κ1) is 14.8. The molecule has 0 saturated heterocycles. The number of halogens is 6. The van der Waals surface area contributed by atoms with E-state index >= 15 is 0 Å². The average Bonchev–Trinajstić information content (AvgIpc) is 2.27. The predicted octanol–water partition coefficient (Wildman–Crippen LogP) is 3.40. The van der Waals surface area contributed by atoms with Gasteiger partial charge in [-0.2, -0.15) is 13.2 Å². The second-order valence-corrected chi connectivity index (χ2v) is 3.88. The van der Waals surface area contributed by atoms with Crippen molar-refractivity contribution in [1.82, 2.24) is 0 Å². The number of alkyl halides is 3. The van der Waals surface area contributed by atoms with Crippen molar-refractivity contribution in [3.05, 3.63) is 34.6 Å². The molecule has 0 aliphatic rings. The number of nitrogens with two attached hydrogens (primary N) is 1. The molecule has 1 atom stereocenters. The highest BCUT2D eigenvalue weighted by Gasteiger charge is 2.37. The number of hydrogen-bond acceptors (Lipinski definition) is 1. The van der Waals surface area contributed by atoms with E-state index in [1.165, 1.54) is 0 Å². The molecule has 0 radical (unpaired) electrons. The normalized spacial score (nSPS) is 13.8. The summed E-state index contributed by atoms with van der Waals surface area (Å²) in [5, 5.41) is 0. The van der Waals surface area contributed by atoms with Gasteiger partial charge in [-0.15, -0.1) is 0 Å². The molecule has 0 spiro atoms. The molecule has 0 saturated carbocycles. The molecule has 18 heavy (non-hydrogen) atoms. The molecule has 1 aromatic carbocycles. The first-order valence-corrected chi connectivity index (χ1v) is 5.17. The third-order valence-electron chi connectivity index (χ3n) is 2.55. The molecule has 1 nitrogen and oxygen atoms in total. The molecule has 102 valence electrons. The summed E-state index contributed by atoms with van der Waals surface area (Å²) in [5.74, 6) is -5.36. The van der Waals surface area contributed by atoms with Gasteiger partial charge in [-0.3, -0.25) is 0 Å². The van der Waals surface area contributed by atoms with Crippen LogP contribution < -0.4 is 5.73 Å². The van der Waals surface area contributed by atoms with E-state index in [1.54, 1.807) is 6.92 Å². The van der Waals surface area contributed by atoms with Crippen molar-refractivity contribution in [2.45, 2.75) is 32.0 Å². The van der Waals surface area contributed by atoms with Crippen LogP contribution in [0.15, 0.2) is 6.07 Å². The van der Waals surface area contributed by atoms with Crippen LogP contribution in [0, 0.1) is 17.5 Å². The Morgan fingerprint density at radius 1 is 1.17 bits per heavy atom. The largest absolute Gasteiger partial charge is 0.419 e. The molecule has 0 aromatic heterocycles. The SMILES string of the molecule is CCC(N)Cc1c(F)cc(C(F)(F)F)c(F)c1F. The van der Waals surface area contributed by atoms with Crippen LogP contribution in [-0.4, -0.2) is 6.04 Å². The van der Waals surface area contributed by atoms with E-state index in [4.69, 9.17) is 5.73 Å². The third kappa shape index (κ3) is 2.95. The first-order chi connectivity index (χ1) is 8.18. The maximum absolute atomic E-state index is 13.4. The number of rotatable bonds is 3. The van der Waals surface area contributed by atoms with Gasteiger partial charge in [-0.1, -0.05) is 6.92 Å². The summed E-state index contributed by atoms with van der Waals surface area (Å²) in [7, 11) is 0. The summed E-state index contributed by atoms with van der Waals surface area (Å²) in [6.07, 6.45) is -5.14. The van der Waals surface area contributed by atoms with Gasteiger partial charge in [0.1, 0.15) is 5.82 Å². The van der Waals surface area contributed by atoms with E-state index in [0.29, 0.717) is 6.42 Å². The Labute approximate surface area is 99.6 Å². The maximum Gasteiger partial charge on any atom is 0.419 e. The molecule has 7 heteroatoms. The Kier molecular flexibility index (Phi) is 4.26. The van der Waals surface area contributed by atoms with Crippen molar-refractivity contribution in [3.8, 4) is 0 Å². The van der Waals surface area contributed by atoms with Gasteiger partial charge in [0, 0.05) is 11.6 Å². The van der Waals surface area contributed by atoms with E-state index in [9.17, 15) is 26.3 Å². The minimum Gasteiger partial charge on any atom is -0.327 e. The van der Waals surface area contributed by atoms with Crippen LogP contribution in [0.5, 0.6) is 0 Å². The fourth-order valence-corrected chi connectivity index (χ4v) is 1.43. The molecular weight excluding hydrogens is 260 g/mol. The summed E-state index contributed by atoms with van der Waals surface area (Å²) >= 11 is 0. The Bertz CT molecular complexity index is 440. The summed E-state index contributed by atoms with van der Waals surface area (Å²) in [6, 6.07) is -0.694. The van der Waals surface area contributed by atoms with Crippen LogP contribution >= 0.6 is 0 Å². The van der Waals surface area contributed by atoms with Gasteiger partial charge in [0.25, 0.3) is 0 Å². The molecule has 2 N–H and O–H groups in total. The van der Waals surface area contributed by atoms with Crippen LogP contribution in [0.2, 0.25) is 0 Å². The third-order valence-corrected chi connectivity index (χ3v) is 2.55. The molecule has 1 unspecified atom stereocenters. The molecule has 0 aliphatic carbocycles. The van der Waals surface area contributed by atoms with Gasteiger partial charge in [-0.25, -0.2) is 13.2 Å². The Morgan fingerprint density at radius 2 is 1.72 bits per heavy atom. The maximum atomic E-state index is 13.4. The second kappa shape index (κ2) is 5.17. The lowest BCUT2D eigenvalue weighted by atomic mass is 10.0. The van der Waals surface area contributed by atoms with E-state index < -0.39 is 40.8 Å². The van der Waals surface area contributed by atoms with Crippen molar-refractivity contribution < 1.29 is 26.3 Å². The zero-order valence-electron chi connectivity index (χ0n) is 9.41. The van der Waals surface area contributed by atoms with Gasteiger partial charge in [-0.05, 0) is 18.9 Å². The lowest BCUT2D eigenvalue weighted by Crippen LogP contribution is -2.24. The van der Waals surface area contributed by atoms with Crippen LogP contribution in [0.4, 0.5) is 26.3 Å². The van der Waals surface area contributed by atoms with Gasteiger partial charge >= 0.3 is 6.18 Å². The summed E-state index contributed by atoms with van der Waals surface area (Å²) in [6.45, 7) is 1.64. The molecule has 0 aliphatic heterocycles. The Hall–Kier alpha value is -1.24. The molecule has 0 fully saturated rings. The quantitative estimate of drug-likeness (QED) is 0.661. The molecule has 0 bridgehead atoms. The van der Waals surface area contributed by atoms with Crippen LogP contribution in [-0.2, 0) is 12.6 Å². The van der Waals surface area contributed by atoms with Crippen LogP contribution in [0.3, 0.4) is 0 Å². The lowest BCUT2D eigenvalue weighted by molar-refractivity contribution is -0.140. The zero-order valence-corrected chi connectivity index (χ0v) is 9.41. The fraction of sp³-hybridized carbons (Fsp3) is 0.455. The molecule has 1 aromatic rings. The zero-order chi connectivity index (χ0) is 14.1. The minimum absolute atomic E-state index is 0.0455. The van der Waals surface area contributed by atoms with Crippen molar-refractivity contribution in [3.63, 3.8) is 0 Å². The average molecular weight is 271 g/mol. The highest BCUT2D eigenvalue weighted by molar-refractivity contribution is 5.30. The molecule has 0 amide bonds. The summed E-state index contributed by atoms with van der Waals surface area (Å²) < 4.78 is 76.7. The lowest BCUT2D eigenvalue weighted by Gasteiger charge is -2.14. The fourth-order valence-electron chi connectivity index (χ4n) is 1.43. The second-order valence-electron chi connectivity index (χ2n) is 3.88. The number of hydrogen-bond donors (Lipinski definition) is 1. The van der Waals surface area contributed by atoms with Crippen LogP contribution in [0.25, 0.3) is 0 Å².